The lowest BCUT2D eigenvalue weighted by atomic mass is 10.1. The monoisotopic (exact) mass is 579 g/mol. The third kappa shape index (κ3) is 4.90. The van der Waals surface area contributed by atoms with Crippen molar-refractivity contribution in [2.45, 2.75) is 6.92 Å². The van der Waals surface area contributed by atoms with Crippen LogP contribution in [-0.2, 0) is 0 Å². The van der Waals surface area contributed by atoms with Gasteiger partial charge >= 0.3 is 0 Å². The molecule has 186 valence electrons. The van der Waals surface area contributed by atoms with Gasteiger partial charge < -0.3 is 10.3 Å². The van der Waals surface area contributed by atoms with Gasteiger partial charge in [0.2, 0.25) is 0 Å². The fourth-order valence-electron chi connectivity index (χ4n) is 4.30. The number of thiophene rings is 1. The maximum atomic E-state index is 12.9. The molecule has 3 aromatic carbocycles. The van der Waals surface area contributed by atoms with Gasteiger partial charge in [-0.1, -0.05) is 76.6 Å². The van der Waals surface area contributed by atoms with Crippen molar-refractivity contribution in [1.82, 2.24) is 9.99 Å². The Labute approximate surface area is 232 Å². The summed E-state index contributed by atoms with van der Waals surface area (Å²) >= 11 is 4.62. The van der Waals surface area contributed by atoms with Gasteiger partial charge in [-0.15, -0.1) is 11.3 Å². The molecule has 0 unspecified atom stereocenters. The molecule has 3 N–H and O–H groups in total. The van der Waals surface area contributed by atoms with Crippen LogP contribution in [0.4, 0.5) is 5.00 Å². The van der Waals surface area contributed by atoms with E-state index in [2.05, 4.69) is 79.6 Å². The van der Waals surface area contributed by atoms with Gasteiger partial charge in [0.15, 0.2) is 0 Å². The Bertz CT molecular complexity index is 1680. The van der Waals surface area contributed by atoms with E-state index in [1.54, 1.807) is 13.1 Å². The summed E-state index contributed by atoms with van der Waals surface area (Å²) < 4.78 is 3.19. The molecular weight excluding hydrogens is 558 g/mol. The molecule has 0 atom stereocenters. The summed E-state index contributed by atoms with van der Waals surface area (Å²) in [6, 6.07) is 32.5. The molecule has 38 heavy (non-hydrogen) atoms. The summed E-state index contributed by atoms with van der Waals surface area (Å²) in [6.45, 7) is 1.71. The van der Waals surface area contributed by atoms with Crippen LogP contribution in [0, 0.1) is 18.3 Å². The number of nitriles is 1. The number of hydrazone groups is 1. The van der Waals surface area contributed by atoms with Gasteiger partial charge in [0.05, 0.1) is 23.2 Å². The van der Waals surface area contributed by atoms with E-state index in [4.69, 9.17) is 5.73 Å². The number of nitrogen functional groups attached to an aromatic ring is 1. The average Bonchev–Trinajstić information content (AvgIpc) is 3.46. The van der Waals surface area contributed by atoms with E-state index in [0.29, 0.717) is 21.0 Å². The van der Waals surface area contributed by atoms with Crippen LogP contribution in [0.3, 0.4) is 0 Å². The third-order valence-corrected chi connectivity index (χ3v) is 7.74. The Morgan fingerprint density at radius 2 is 1.66 bits per heavy atom. The van der Waals surface area contributed by atoms with Gasteiger partial charge in [-0.2, -0.15) is 10.4 Å². The van der Waals surface area contributed by atoms with E-state index in [1.807, 2.05) is 48.5 Å². The highest BCUT2D eigenvalue weighted by molar-refractivity contribution is 9.10. The van der Waals surface area contributed by atoms with Crippen LogP contribution < -0.4 is 11.2 Å². The van der Waals surface area contributed by atoms with E-state index in [0.717, 1.165) is 49.6 Å². The second-order valence-electron chi connectivity index (χ2n) is 8.48. The number of carbonyl (C=O) groups excluding carboxylic acids is 1. The molecule has 0 aliphatic heterocycles. The Morgan fingerprint density at radius 1 is 1.03 bits per heavy atom. The predicted molar refractivity (Wildman–Crippen MR) is 158 cm³/mol. The van der Waals surface area contributed by atoms with Crippen molar-refractivity contribution in [3.63, 3.8) is 0 Å². The molecule has 0 aliphatic rings. The van der Waals surface area contributed by atoms with Crippen molar-refractivity contribution in [3.8, 4) is 34.3 Å². The minimum atomic E-state index is -0.408. The van der Waals surface area contributed by atoms with Gasteiger partial charge in [0, 0.05) is 15.7 Å². The van der Waals surface area contributed by atoms with Gasteiger partial charge in [-0.25, -0.2) is 5.43 Å². The molecule has 0 bridgehead atoms. The number of rotatable bonds is 6. The Morgan fingerprint density at radius 3 is 2.26 bits per heavy atom. The topological polar surface area (TPSA) is 96.2 Å². The number of aromatic nitrogens is 1. The Hall–Kier alpha value is -4.45. The zero-order chi connectivity index (χ0) is 26.6. The van der Waals surface area contributed by atoms with E-state index < -0.39 is 5.91 Å². The fraction of sp³-hybridized carbons (Fsp3) is 0.0333. The lowest BCUT2D eigenvalue weighted by Crippen LogP contribution is -2.17. The summed E-state index contributed by atoms with van der Waals surface area (Å²) in [4.78, 5) is 13.2. The molecular formula is C30H22BrN5OS. The minimum absolute atomic E-state index is 0.324. The highest BCUT2D eigenvalue weighted by Crippen LogP contribution is 2.36. The summed E-state index contributed by atoms with van der Waals surface area (Å²) in [6.07, 6.45) is 1.65. The number of halogens is 1. The second-order valence-corrected chi connectivity index (χ2v) is 10.5. The number of nitrogens with zero attached hydrogens (tertiary/aromatic N) is 3. The molecule has 6 nitrogen and oxygen atoms in total. The molecule has 8 heteroatoms. The average molecular weight is 581 g/mol. The van der Waals surface area contributed by atoms with Crippen molar-refractivity contribution in [2.75, 3.05) is 5.73 Å². The van der Waals surface area contributed by atoms with Crippen molar-refractivity contribution < 1.29 is 4.79 Å². The van der Waals surface area contributed by atoms with Crippen molar-refractivity contribution in [2.24, 2.45) is 5.10 Å². The lowest BCUT2D eigenvalue weighted by Gasteiger charge is -2.15. The Balaban J connectivity index is 1.62. The molecule has 0 saturated heterocycles. The number of nitrogens with one attached hydrogen (secondary N) is 1. The standard InChI is InChI=1S/C30H22BrN5OS/c1-19-25(17-32)29(33)38-28(19)30(37)35-34-18-22-16-26(20-8-4-2-5-9-20)36(24-14-12-23(31)13-15-24)27(22)21-10-6-3-7-11-21/h2-16,18H,33H2,1H3,(H,35,37)/b34-18-. The number of carbonyl (C=O) groups is 1. The van der Waals surface area contributed by atoms with E-state index in [9.17, 15) is 10.1 Å². The molecule has 0 fully saturated rings. The number of amides is 1. The molecule has 2 aromatic heterocycles. The van der Waals surface area contributed by atoms with Gasteiger partial charge in [0.25, 0.3) is 5.91 Å². The molecule has 0 aliphatic carbocycles. The third-order valence-electron chi connectivity index (χ3n) is 6.09. The van der Waals surface area contributed by atoms with Crippen LogP contribution in [0.2, 0.25) is 0 Å². The first-order valence-corrected chi connectivity index (χ1v) is 13.3. The number of nitrogens with two attached hydrogens (primary N) is 1. The van der Waals surface area contributed by atoms with Crippen molar-refractivity contribution >= 4 is 44.4 Å². The zero-order valence-electron chi connectivity index (χ0n) is 20.4. The van der Waals surface area contributed by atoms with Crippen molar-refractivity contribution in [1.29, 1.82) is 5.26 Å². The number of hydrogen-bond acceptors (Lipinski definition) is 5. The SMILES string of the molecule is Cc1c(C(=O)N/N=C\c2cc(-c3ccccc3)n(-c3ccc(Br)cc3)c2-c2ccccc2)sc(N)c1C#N. The highest BCUT2D eigenvalue weighted by atomic mass is 79.9. The maximum absolute atomic E-state index is 12.9. The van der Waals surface area contributed by atoms with E-state index >= 15 is 0 Å². The van der Waals surface area contributed by atoms with Gasteiger partial charge in [-0.05, 0) is 53.9 Å². The van der Waals surface area contributed by atoms with Crippen molar-refractivity contribution in [3.05, 3.63) is 117 Å². The normalized spacial score (nSPS) is 11.0. The van der Waals surface area contributed by atoms with Crippen LogP contribution in [0.5, 0.6) is 0 Å². The molecule has 5 rings (SSSR count). The first kappa shape index (κ1) is 25.2. The van der Waals surface area contributed by atoms with Crippen LogP contribution in [0.15, 0.2) is 101 Å². The first-order valence-electron chi connectivity index (χ1n) is 11.7. The van der Waals surface area contributed by atoms with Crippen LogP contribution in [0.1, 0.15) is 26.4 Å². The summed E-state index contributed by atoms with van der Waals surface area (Å²) in [5.41, 5.74) is 15.2. The fourth-order valence-corrected chi connectivity index (χ4v) is 5.48. The van der Waals surface area contributed by atoms with E-state index in [1.165, 1.54) is 0 Å². The molecule has 0 saturated carbocycles. The molecule has 0 spiro atoms. The zero-order valence-corrected chi connectivity index (χ0v) is 22.8. The largest absolute Gasteiger partial charge is 0.389 e. The van der Waals surface area contributed by atoms with Gasteiger partial charge in [0.1, 0.15) is 15.9 Å². The molecule has 2 heterocycles. The molecule has 5 aromatic rings. The summed E-state index contributed by atoms with van der Waals surface area (Å²) in [7, 11) is 0. The number of benzene rings is 3. The predicted octanol–water partition coefficient (Wildman–Crippen LogP) is 7.16. The van der Waals surface area contributed by atoms with Gasteiger partial charge in [-0.3, -0.25) is 4.79 Å². The first-order chi connectivity index (χ1) is 18.5. The maximum Gasteiger partial charge on any atom is 0.281 e. The van der Waals surface area contributed by atoms with Crippen LogP contribution in [-0.4, -0.2) is 16.7 Å². The lowest BCUT2D eigenvalue weighted by molar-refractivity contribution is 0.0958. The smallest absolute Gasteiger partial charge is 0.281 e. The summed E-state index contributed by atoms with van der Waals surface area (Å²) in [5.74, 6) is -0.408. The van der Waals surface area contributed by atoms with E-state index in [-0.39, 0.29) is 0 Å². The molecule has 0 radical (unpaired) electrons. The molecule has 1 amide bonds. The number of anilines is 1. The second kappa shape index (κ2) is 10.9. The van der Waals surface area contributed by atoms with Crippen LogP contribution in [0.25, 0.3) is 28.2 Å². The van der Waals surface area contributed by atoms with Crippen LogP contribution >= 0.6 is 27.3 Å². The summed E-state index contributed by atoms with van der Waals surface area (Å²) in [5, 5.41) is 13.9. The minimum Gasteiger partial charge on any atom is -0.389 e. The quantitative estimate of drug-likeness (QED) is 0.165. The Kier molecular flexibility index (Phi) is 7.22. The number of hydrogen-bond donors (Lipinski definition) is 2. The highest BCUT2D eigenvalue weighted by Gasteiger charge is 2.20.